The second-order valence-corrected chi connectivity index (χ2v) is 6.72. The van der Waals surface area contributed by atoms with E-state index < -0.39 is 0 Å². The molecule has 27 heavy (non-hydrogen) atoms. The lowest BCUT2D eigenvalue weighted by Crippen LogP contribution is -2.32. The molecule has 0 aliphatic carbocycles. The van der Waals surface area contributed by atoms with Gasteiger partial charge in [0.25, 0.3) is 5.91 Å². The summed E-state index contributed by atoms with van der Waals surface area (Å²) in [7, 11) is 0. The van der Waals surface area contributed by atoms with E-state index in [1.807, 2.05) is 98.8 Å². The molecule has 0 atom stereocenters. The summed E-state index contributed by atoms with van der Waals surface area (Å²) < 4.78 is 0. The lowest BCUT2D eigenvalue weighted by molar-refractivity contribution is -0.113. The molecule has 3 aromatic carbocycles. The van der Waals surface area contributed by atoms with Crippen LogP contribution in [0.3, 0.4) is 0 Å². The van der Waals surface area contributed by atoms with Crippen LogP contribution in [0.25, 0.3) is 6.08 Å². The minimum absolute atomic E-state index is 0.111. The molecule has 0 spiro atoms. The molecule has 0 N–H and O–H groups in total. The van der Waals surface area contributed by atoms with Gasteiger partial charge in [0.2, 0.25) is 0 Å². The highest BCUT2D eigenvalue weighted by Gasteiger charge is 2.32. The van der Waals surface area contributed by atoms with Crippen LogP contribution in [0, 0.1) is 13.8 Å². The summed E-state index contributed by atoms with van der Waals surface area (Å²) in [5.74, 6) is 0.546. The monoisotopic (exact) mass is 352 g/mol. The highest BCUT2D eigenvalue weighted by molar-refractivity contribution is 6.33. The molecule has 0 saturated carbocycles. The molecule has 0 radical (unpaired) electrons. The molecular weight excluding hydrogens is 332 g/mol. The van der Waals surface area contributed by atoms with Crippen LogP contribution in [0.4, 0.5) is 5.69 Å². The fourth-order valence-electron chi connectivity index (χ4n) is 3.12. The topological polar surface area (TPSA) is 32.7 Å². The Hall–Kier alpha value is -3.46. The van der Waals surface area contributed by atoms with Gasteiger partial charge in [-0.05, 0) is 43.2 Å². The number of hydrogen-bond acceptors (Lipinski definition) is 2. The van der Waals surface area contributed by atoms with Gasteiger partial charge in [-0.25, -0.2) is 4.99 Å². The van der Waals surface area contributed by atoms with Gasteiger partial charge in [0.1, 0.15) is 11.5 Å². The number of rotatable bonds is 3. The first-order chi connectivity index (χ1) is 13.1. The zero-order chi connectivity index (χ0) is 18.8. The van der Waals surface area contributed by atoms with Gasteiger partial charge >= 0.3 is 0 Å². The maximum atomic E-state index is 13.2. The van der Waals surface area contributed by atoms with Crippen LogP contribution in [0.5, 0.6) is 0 Å². The van der Waals surface area contributed by atoms with E-state index in [1.54, 1.807) is 4.90 Å². The SMILES string of the molecule is Cc1ccc(/C=C2/N=C(c3ccccc3)N(c3cccc(C)c3)C2=O)cc1. The van der Waals surface area contributed by atoms with Crippen LogP contribution in [0.15, 0.2) is 89.6 Å². The molecule has 3 aromatic rings. The quantitative estimate of drug-likeness (QED) is 0.601. The summed E-state index contributed by atoms with van der Waals surface area (Å²) in [4.78, 5) is 19.6. The minimum Gasteiger partial charge on any atom is -0.266 e. The first-order valence-electron chi connectivity index (χ1n) is 8.95. The zero-order valence-electron chi connectivity index (χ0n) is 15.4. The van der Waals surface area contributed by atoms with E-state index >= 15 is 0 Å². The Kier molecular flexibility index (Phi) is 4.43. The van der Waals surface area contributed by atoms with E-state index in [-0.39, 0.29) is 5.91 Å². The average molecular weight is 352 g/mol. The van der Waals surface area contributed by atoms with Gasteiger partial charge in [-0.3, -0.25) is 9.69 Å². The van der Waals surface area contributed by atoms with Crippen molar-refractivity contribution in [3.8, 4) is 0 Å². The van der Waals surface area contributed by atoms with Crippen LogP contribution >= 0.6 is 0 Å². The molecule has 3 heteroatoms. The summed E-state index contributed by atoms with van der Waals surface area (Å²) in [6.45, 7) is 4.06. The number of anilines is 1. The lowest BCUT2D eigenvalue weighted by Gasteiger charge is -2.19. The zero-order valence-corrected chi connectivity index (χ0v) is 15.4. The van der Waals surface area contributed by atoms with Crippen LogP contribution < -0.4 is 4.90 Å². The van der Waals surface area contributed by atoms with Gasteiger partial charge in [0.15, 0.2) is 0 Å². The number of nitrogens with zero attached hydrogens (tertiary/aromatic N) is 2. The summed E-state index contributed by atoms with van der Waals surface area (Å²) >= 11 is 0. The Balaban J connectivity index is 1.82. The number of benzene rings is 3. The highest BCUT2D eigenvalue weighted by Crippen LogP contribution is 2.28. The van der Waals surface area contributed by atoms with Crippen molar-refractivity contribution in [2.75, 3.05) is 4.90 Å². The Morgan fingerprint density at radius 3 is 2.26 bits per heavy atom. The van der Waals surface area contributed by atoms with Crippen LogP contribution in [0.2, 0.25) is 0 Å². The molecule has 0 unspecified atom stereocenters. The molecule has 1 aliphatic heterocycles. The maximum Gasteiger partial charge on any atom is 0.282 e. The Morgan fingerprint density at radius 2 is 1.56 bits per heavy atom. The highest BCUT2D eigenvalue weighted by atomic mass is 16.2. The average Bonchev–Trinajstić information content (AvgIpc) is 3.01. The van der Waals surface area contributed by atoms with E-state index in [2.05, 4.69) is 0 Å². The van der Waals surface area contributed by atoms with Crippen molar-refractivity contribution in [2.45, 2.75) is 13.8 Å². The molecule has 0 saturated heterocycles. The van der Waals surface area contributed by atoms with Crippen molar-refractivity contribution in [1.82, 2.24) is 0 Å². The van der Waals surface area contributed by atoms with Crippen molar-refractivity contribution < 1.29 is 4.79 Å². The molecule has 1 aliphatic rings. The molecule has 1 heterocycles. The summed E-state index contributed by atoms with van der Waals surface area (Å²) in [5.41, 5.74) is 5.44. The number of carbonyl (C=O) groups excluding carboxylic acids is 1. The molecule has 4 rings (SSSR count). The van der Waals surface area contributed by atoms with Crippen molar-refractivity contribution in [3.05, 3.63) is 107 Å². The molecule has 0 aromatic heterocycles. The van der Waals surface area contributed by atoms with Gasteiger partial charge in [-0.1, -0.05) is 72.3 Å². The number of hydrogen-bond donors (Lipinski definition) is 0. The Bertz CT molecular complexity index is 1050. The third-order valence-corrected chi connectivity index (χ3v) is 4.53. The van der Waals surface area contributed by atoms with Crippen LogP contribution in [-0.4, -0.2) is 11.7 Å². The third kappa shape index (κ3) is 3.44. The molecular formula is C24H20N2O. The second-order valence-electron chi connectivity index (χ2n) is 6.72. The van der Waals surface area contributed by atoms with E-state index in [9.17, 15) is 4.79 Å². The summed E-state index contributed by atoms with van der Waals surface area (Å²) in [6, 6.07) is 25.8. The fourth-order valence-corrected chi connectivity index (χ4v) is 3.12. The summed E-state index contributed by atoms with van der Waals surface area (Å²) in [6.07, 6.45) is 1.85. The summed E-state index contributed by atoms with van der Waals surface area (Å²) in [5, 5.41) is 0. The predicted octanol–water partition coefficient (Wildman–Crippen LogP) is 5.14. The number of amides is 1. The smallest absolute Gasteiger partial charge is 0.266 e. The largest absolute Gasteiger partial charge is 0.282 e. The van der Waals surface area contributed by atoms with Gasteiger partial charge in [-0.2, -0.15) is 0 Å². The number of amidine groups is 1. The number of carbonyl (C=O) groups is 1. The van der Waals surface area contributed by atoms with Crippen molar-refractivity contribution in [1.29, 1.82) is 0 Å². The molecule has 1 amide bonds. The van der Waals surface area contributed by atoms with Gasteiger partial charge in [0.05, 0.1) is 5.69 Å². The number of aliphatic imine (C=N–C) groups is 1. The molecule has 0 bridgehead atoms. The van der Waals surface area contributed by atoms with Crippen LogP contribution in [0.1, 0.15) is 22.3 Å². The van der Waals surface area contributed by atoms with E-state index in [4.69, 9.17) is 4.99 Å². The normalized spacial score (nSPS) is 15.3. The fraction of sp³-hybridized carbons (Fsp3) is 0.0833. The Labute approximate surface area is 159 Å². The molecule has 132 valence electrons. The van der Waals surface area contributed by atoms with Crippen molar-refractivity contribution in [3.63, 3.8) is 0 Å². The van der Waals surface area contributed by atoms with Crippen molar-refractivity contribution in [2.24, 2.45) is 4.99 Å². The third-order valence-electron chi connectivity index (χ3n) is 4.53. The standard InChI is InChI=1S/C24H20N2O/c1-17-11-13-19(14-12-17)16-22-24(27)26(21-10-6-7-18(2)15-21)23(25-22)20-8-4-3-5-9-20/h3-16H,1-2H3/b22-16+. The molecule has 0 fully saturated rings. The Morgan fingerprint density at radius 1 is 0.815 bits per heavy atom. The van der Waals surface area contributed by atoms with Gasteiger partial charge < -0.3 is 0 Å². The first kappa shape index (κ1) is 17.0. The van der Waals surface area contributed by atoms with Gasteiger partial charge in [-0.15, -0.1) is 0 Å². The maximum absolute atomic E-state index is 13.2. The second kappa shape index (κ2) is 7.04. The van der Waals surface area contributed by atoms with Crippen LogP contribution in [-0.2, 0) is 4.79 Å². The molecule has 3 nitrogen and oxygen atoms in total. The predicted molar refractivity (Wildman–Crippen MR) is 111 cm³/mol. The first-order valence-corrected chi connectivity index (χ1v) is 8.95. The minimum atomic E-state index is -0.111. The van der Waals surface area contributed by atoms with Crippen molar-refractivity contribution >= 4 is 23.5 Å². The number of aryl methyl sites for hydroxylation is 2. The lowest BCUT2D eigenvalue weighted by atomic mass is 10.1. The van der Waals surface area contributed by atoms with E-state index in [1.165, 1.54) is 5.56 Å². The van der Waals surface area contributed by atoms with Gasteiger partial charge in [0, 0.05) is 5.56 Å². The van der Waals surface area contributed by atoms with E-state index in [0.717, 1.165) is 22.4 Å². The van der Waals surface area contributed by atoms with E-state index in [0.29, 0.717) is 11.5 Å².